The molecule has 1 spiro atoms. The van der Waals surface area contributed by atoms with E-state index < -0.39 is 0 Å². The standard InChI is InChI=1S/C16H22N2O.C10H12O.C6H6/c19-12-11-17-9-4-7-16(8-10-17)13-18(14-16)15-5-2-1-3-6-15;11-10-6-5-8-3-1-2-4-9(8)7-10;1-2-4-6-5-3-1/h1-3,5-6,12H,4,7-11,13-14H2;5-7,11H,1-4H2;1-6H. The van der Waals surface area contributed by atoms with E-state index in [2.05, 4.69) is 40.1 Å². The summed E-state index contributed by atoms with van der Waals surface area (Å²) in [6.45, 7) is 5.16. The molecule has 3 aliphatic rings. The van der Waals surface area contributed by atoms with Crippen LogP contribution in [0.2, 0.25) is 0 Å². The molecule has 2 saturated heterocycles. The van der Waals surface area contributed by atoms with Gasteiger partial charge in [0.05, 0.1) is 6.54 Å². The summed E-state index contributed by atoms with van der Waals surface area (Å²) >= 11 is 0. The maximum atomic E-state index is 10.6. The van der Waals surface area contributed by atoms with Gasteiger partial charge in [0, 0.05) is 24.2 Å². The van der Waals surface area contributed by atoms with Gasteiger partial charge >= 0.3 is 0 Å². The Morgan fingerprint density at radius 1 is 0.750 bits per heavy atom. The van der Waals surface area contributed by atoms with Crippen LogP contribution in [0.3, 0.4) is 0 Å². The molecule has 3 aromatic rings. The van der Waals surface area contributed by atoms with Crippen LogP contribution in [-0.4, -0.2) is 49.0 Å². The second kappa shape index (κ2) is 13.3. The number of anilines is 1. The minimum atomic E-state index is 0.408. The zero-order valence-electron chi connectivity index (χ0n) is 21.4. The van der Waals surface area contributed by atoms with Gasteiger partial charge in [0.1, 0.15) is 12.0 Å². The number of para-hydroxylation sites is 1. The van der Waals surface area contributed by atoms with E-state index in [4.69, 9.17) is 0 Å². The zero-order valence-corrected chi connectivity index (χ0v) is 21.4. The van der Waals surface area contributed by atoms with Crippen molar-refractivity contribution in [1.82, 2.24) is 4.90 Å². The van der Waals surface area contributed by atoms with E-state index in [1.165, 1.54) is 68.4 Å². The molecule has 1 N–H and O–H groups in total. The molecule has 36 heavy (non-hydrogen) atoms. The molecule has 1 aliphatic carbocycles. The van der Waals surface area contributed by atoms with Gasteiger partial charge in [-0.05, 0) is 93.4 Å². The largest absolute Gasteiger partial charge is 0.508 e. The van der Waals surface area contributed by atoms with Crippen molar-refractivity contribution in [2.45, 2.75) is 44.9 Å². The van der Waals surface area contributed by atoms with Crippen LogP contribution in [0.5, 0.6) is 5.75 Å². The number of carbonyl (C=O) groups excluding carboxylic acids is 1. The molecule has 3 aromatic carbocycles. The fourth-order valence-corrected chi connectivity index (χ4v) is 5.60. The normalized spacial score (nSPS) is 18.3. The van der Waals surface area contributed by atoms with E-state index in [1.54, 1.807) is 6.07 Å². The minimum absolute atomic E-state index is 0.408. The van der Waals surface area contributed by atoms with Crippen LogP contribution in [0.1, 0.15) is 43.2 Å². The Morgan fingerprint density at radius 2 is 1.39 bits per heavy atom. The Morgan fingerprint density at radius 3 is 2.06 bits per heavy atom. The molecule has 0 aromatic heterocycles. The van der Waals surface area contributed by atoms with Gasteiger partial charge in [-0.2, -0.15) is 0 Å². The topological polar surface area (TPSA) is 43.8 Å². The molecule has 0 saturated carbocycles. The highest BCUT2D eigenvalue weighted by atomic mass is 16.3. The number of hydrogen-bond acceptors (Lipinski definition) is 4. The fourth-order valence-electron chi connectivity index (χ4n) is 5.60. The first-order chi connectivity index (χ1) is 17.7. The van der Waals surface area contributed by atoms with Crippen molar-refractivity contribution in [3.8, 4) is 5.75 Å². The molecule has 0 amide bonds. The Hall–Kier alpha value is -3.11. The minimum Gasteiger partial charge on any atom is -0.508 e. The lowest BCUT2D eigenvalue weighted by molar-refractivity contribution is -0.108. The summed E-state index contributed by atoms with van der Waals surface area (Å²) in [7, 11) is 0. The van der Waals surface area contributed by atoms with Crippen LogP contribution < -0.4 is 4.90 Å². The van der Waals surface area contributed by atoms with E-state index in [1.807, 2.05) is 48.5 Å². The van der Waals surface area contributed by atoms with E-state index in [9.17, 15) is 9.90 Å². The van der Waals surface area contributed by atoms with Gasteiger partial charge in [-0.3, -0.25) is 4.90 Å². The first kappa shape index (κ1) is 26.0. The number of benzene rings is 3. The monoisotopic (exact) mass is 484 g/mol. The third kappa shape index (κ3) is 7.44. The van der Waals surface area contributed by atoms with E-state index in [0.717, 1.165) is 25.8 Å². The Labute approximate surface area is 216 Å². The second-order valence-electron chi connectivity index (χ2n) is 10.3. The fraction of sp³-hybridized carbons (Fsp3) is 0.406. The summed E-state index contributed by atoms with van der Waals surface area (Å²) in [5.41, 5.74) is 4.63. The molecule has 0 atom stereocenters. The Kier molecular flexibility index (Phi) is 9.57. The van der Waals surface area contributed by atoms with Crippen molar-refractivity contribution in [2.24, 2.45) is 5.41 Å². The van der Waals surface area contributed by atoms with Gasteiger partial charge in [0.2, 0.25) is 0 Å². The molecule has 2 aliphatic heterocycles. The number of phenolic OH excluding ortho intramolecular Hbond substituents is 1. The van der Waals surface area contributed by atoms with Crippen molar-refractivity contribution in [3.63, 3.8) is 0 Å². The molecule has 0 radical (unpaired) electrons. The lowest BCUT2D eigenvalue weighted by Crippen LogP contribution is -2.56. The summed E-state index contributed by atoms with van der Waals surface area (Å²) in [5, 5.41) is 9.19. The average Bonchev–Trinajstić information content (AvgIpc) is 3.13. The number of carbonyl (C=O) groups is 1. The highest BCUT2D eigenvalue weighted by Crippen LogP contribution is 2.42. The average molecular weight is 485 g/mol. The summed E-state index contributed by atoms with van der Waals surface area (Å²) in [5.74, 6) is 0.408. The number of aldehydes is 1. The third-order valence-corrected chi connectivity index (χ3v) is 7.65. The summed E-state index contributed by atoms with van der Waals surface area (Å²) in [6.07, 6.45) is 9.73. The number of phenols is 1. The molecule has 2 fully saturated rings. The molecule has 0 unspecified atom stereocenters. The van der Waals surface area contributed by atoms with Gasteiger partial charge < -0.3 is 14.8 Å². The van der Waals surface area contributed by atoms with Gasteiger partial charge in [-0.1, -0.05) is 60.7 Å². The summed E-state index contributed by atoms with van der Waals surface area (Å²) in [6, 6.07) is 28.4. The van der Waals surface area contributed by atoms with E-state index in [-0.39, 0.29) is 0 Å². The van der Waals surface area contributed by atoms with Crippen LogP contribution >= 0.6 is 0 Å². The Bertz CT molecular complexity index is 1020. The zero-order chi connectivity index (χ0) is 25.1. The van der Waals surface area contributed by atoms with Crippen molar-refractivity contribution in [2.75, 3.05) is 37.6 Å². The van der Waals surface area contributed by atoms with Crippen molar-refractivity contribution >= 4 is 12.0 Å². The van der Waals surface area contributed by atoms with E-state index >= 15 is 0 Å². The maximum absolute atomic E-state index is 10.6. The first-order valence-electron chi connectivity index (χ1n) is 13.4. The lowest BCUT2D eigenvalue weighted by Gasteiger charge is -2.51. The predicted octanol–water partition coefficient (Wildman–Crippen LogP) is 6.14. The van der Waals surface area contributed by atoms with Crippen LogP contribution in [0.15, 0.2) is 84.9 Å². The first-order valence-corrected chi connectivity index (χ1v) is 13.4. The molecular weight excluding hydrogens is 444 g/mol. The summed E-state index contributed by atoms with van der Waals surface area (Å²) in [4.78, 5) is 15.4. The van der Waals surface area contributed by atoms with Crippen LogP contribution in [0.25, 0.3) is 0 Å². The molecular formula is C32H40N2O2. The van der Waals surface area contributed by atoms with Crippen molar-refractivity contribution in [3.05, 3.63) is 96.1 Å². The highest BCUT2D eigenvalue weighted by molar-refractivity contribution is 5.52. The molecule has 190 valence electrons. The van der Waals surface area contributed by atoms with Crippen LogP contribution in [-0.2, 0) is 17.6 Å². The number of hydrogen-bond donors (Lipinski definition) is 1. The number of fused-ring (bicyclic) bond motifs is 1. The van der Waals surface area contributed by atoms with Crippen molar-refractivity contribution < 1.29 is 9.90 Å². The van der Waals surface area contributed by atoms with Gasteiger partial charge in [0.15, 0.2) is 0 Å². The molecule has 4 heteroatoms. The quantitative estimate of drug-likeness (QED) is 0.454. The highest BCUT2D eigenvalue weighted by Gasteiger charge is 2.43. The molecule has 2 heterocycles. The predicted molar refractivity (Wildman–Crippen MR) is 149 cm³/mol. The van der Waals surface area contributed by atoms with E-state index in [0.29, 0.717) is 17.7 Å². The van der Waals surface area contributed by atoms with Crippen LogP contribution in [0, 0.1) is 5.41 Å². The summed E-state index contributed by atoms with van der Waals surface area (Å²) < 4.78 is 0. The number of aromatic hydroxyl groups is 1. The molecule has 0 bridgehead atoms. The van der Waals surface area contributed by atoms with Gasteiger partial charge in [0.25, 0.3) is 0 Å². The maximum Gasteiger partial charge on any atom is 0.133 e. The molecule has 6 rings (SSSR count). The number of rotatable bonds is 3. The third-order valence-electron chi connectivity index (χ3n) is 7.65. The van der Waals surface area contributed by atoms with Crippen LogP contribution in [0.4, 0.5) is 5.69 Å². The number of aryl methyl sites for hydroxylation is 2. The van der Waals surface area contributed by atoms with Gasteiger partial charge in [-0.15, -0.1) is 0 Å². The SMILES string of the molecule is O=CCN1CCCC2(CC1)CN(c1ccccc1)C2.Oc1ccc2c(c1)CCCC2.c1ccccc1. The lowest BCUT2D eigenvalue weighted by atomic mass is 9.73. The van der Waals surface area contributed by atoms with Crippen molar-refractivity contribution in [1.29, 1.82) is 0 Å². The smallest absolute Gasteiger partial charge is 0.133 e. The second-order valence-corrected chi connectivity index (χ2v) is 10.3. The van der Waals surface area contributed by atoms with Gasteiger partial charge in [-0.25, -0.2) is 0 Å². The number of likely N-dealkylation sites (tertiary alicyclic amines) is 1. The Balaban J connectivity index is 0.000000149. The molecule has 4 nitrogen and oxygen atoms in total. The number of nitrogens with zero attached hydrogens (tertiary/aromatic N) is 2.